The number of nitrogens with zero attached hydrogens (tertiary/aromatic N) is 2. The van der Waals surface area contributed by atoms with Crippen LogP contribution in [0.4, 0.5) is 5.69 Å². The van der Waals surface area contributed by atoms with Gasteiger partial charge >= 0.3 is 5.97 Å². The summed E-state index contributed by atoms with van der Waals surface area (Å²) in [5.74, 6) is -1.04. The first-order chi connectivity index (χ1) is 14.9. The van der Waals surface area contributed by atoms with Gasteiger partial charge in [-0.3, -0.25) is 9.10 Å². The Bertz CT molecular complexity index is 1090. The van der Waals surface area contributed by atoms with Crippen LogP contribution in [0.2, 0.25) is 0 Å². The van der Waals surface area contributed by atoms with Crippen LogP contribution in [-0.4, -0.2) is 64.1 Å². The van der Waals surface area contributed by atoms with Crippen molar-refractivity contribution in [2.45, 2.75) is 24.3 Å². The zero-order valence-corrected chi connectivity index (χ0v) is 18.0. The molecule has 1 saturated heterocycles. The minimum Gasteiger partial charge on any atom is -0.452 e. The second-order valence-electron chi connectivity index (χ2n) is 7.58. The quantitative estimate of drug-likeness (QED) is 0.654. The molecular formula is C22H24N2O6S. The molecule has 164 valence electrons. The summed E-state index contributed by atoms with van der Waals surface area (Å²) < 4.78 is 38.4. The summed E-state index contributed by atoms with van der Waals surface area (Å²) in [6.07, 6.45) is 0.626. The molecule has 2 aromatic carbocycles. The van der Waals surface area contributed by atoms with E-state index >= 15 is 0 Å². The molecule has 2 heterocycles. The average molecular weight is 445 g/mol. The molecule has 0 unspecified atom stereocenters. The molecule has 2 aromatic rings. The Kier molecular flexibility index (Phi) is 5.97. The number of hydrogen-bond donors (Lipinski definition) is 0. The minimum absolute atomic E-state index is 0.00464. The first-order valence-corrected chi connectivity index (χ1v) is 11.6. The van der Waals surface area contributed by atoms with Gasteiger partial charge in [0.2, 0.25) is 0 Å². The minimum atomic E-state index is -3.87. The lowest BCUT2D eigenvalue weighted by molar-refractivity contribution is -0.138. The van der Waals surface area contributed by atoms with Crippen LogP contribution in [0, 0.1) is 0 Å². The number of benzene rings is 2. The highest BCUT2D eigenvalue weighted by Gasteiger charge is 2.36. The number of amides is 1. The van der Waals surface area contributed by atoms with Gasteiger partial charge in [0.1, 0.15) is 0 Å². The Morgan fingerprint density at radius 1 is 1.10 bits per heavy atom. The maximum Gasteiger partial charge on any atom is 0.338 e. The molecule has 2 aliphatic heterocycles. The van der Waals surface area contributed by atoms with E-state index in [1.54, 1.807) is 17.0 Å². The van der Waals surface area contributed by atoms with E-state index in [-0.39, 0.29) is 22.4 Å². The Morgan fingerprint density at radius 3 is 2.61 bits per heavy atom. The van der Waals surface area contributed by atoms with Crippen molar-refractivity contribution in [3.8, 4) is 0 Å². The number of rotatable bonds is 5. The Labute approximate surface area is 181 Å². The molecule has 0 saturated carbocycles. The van der Waals surface area contributed by atoms with Crippen LogP contribution in [0.25, 0.3) is 0 Å². The lowest BCUT2D eigenvalue weighted by Gasteiger charge is -2.26. The highest BCUT2D eigenvalue weighted by molar-refractivity contribution is 7.92. The van der Waals surface area contributed by atoms with Crippen LogP contribution in [0.1, 0.15) is 22.8 Å². The number of carbonyl (C=O) groups excluding carboxylic acids is 2. The summed E-state index contributed by atoms with van der Waals surface area (Å²) in [7, 11) is -3.87. The predicted molar refractivity (Wildman–Crippen MR) is 113 cm³/mol. The second-order valence-corrected chi connectivity index (χ2v) is 9.39. The summed E-state index contributed by atoms with van der Waals surface area (Å²) >= 11 is 0. The molecule has 0 bridgehead atoms. The third-order valence-corrected chi connectivity index (χ3v) is 7.39. The molecule has 0 spiro atoms. The zero-order valence-electron chi connectivity index (χ0n) is 17.2. The van der Waals surface area contributed by atoms with Crippen molar-refractivity contribution in [1.29, 1.82) is 0 Å². The van der Waals surface area contributed by atoms with E-state index in [2.05, 4.69) is 0 Å². The second kappa shape index (κ2) is 8.68. The Morgan fingerprint density at radius 2 is 1.84 bits per heavy atom. The Hall–Kier alpha value is -2.91. The van der Waals surface area contributed by atoms with Crippen molar-refractivity contribution >= 4 is 27.6 Å². The third kappa shape index (κ3) is 4.28. The number of morpholine rings is 1. The molecular weight excluding hydrogens is 420 g/mol. The normalized spacial score (nSPS) is 18.5. The smallest absolute Gasteiger partial charge is 0.338 e. The van der Waals surface area contributed by atoms with Gasteiger partial charge in [-0.2, -0.15) is 0 Å². The topological polar surface area (TPSA) is 93.2 Å². The van der Waals surface area contributed by atoms with Gasteiger partial charge in [-0.1, -0.05) is 24.3 Å². The number of fused-ring (bicyclic) bond motifs is 1. The van der Waals surface area contributed by atoms with Crippen molar-refractivity contribution in [2.24, 2.45) is 0 Å². The van der Waals surface area contributed by atoms with Crippen molar-refractivity contribution in [2.75, 3.05) is 37.2 Å². The van der Waals surface area contributed by atoms with Crippen LogP contribution in [0.5, 0.6) is 0 Å². The maximum atomic E-state index is 13.4. The lowest BCUT2D eigenvalue weighted by atomic mass is 10.1. The highest BCUT2D eigenvalue weighted by Crippen LogP contribution is 2.36. The molecule has 1 atom stereocenters. The van der Waals surface area contributed by atoms with Gasteiger partial charge in [0.25, 0.3) is 15.9 Å². The van der Waals surface area contributed by atoms with Crippen LogP contribution in [0.15, 0.2) is 53.4 Å². The molecule has 0 aliphatic carbocycles. The number of ether oxygens (including phenoxy) is 2. The number of hydrogen-bond acceptors (Lipinski definition) is 6. The largest absolute Gasteiger partial charge is 0.452 e. The van der Waals surface area contributed by atoms with Crippen LogP contribution in [-0.2, 0) is 30.7 Å². The molecule has 2 aliphatic rings. The van der Waals surface area contributed by atoms with E-state index in [4.69, 9.17) is 9.47 Å². The zero-order chi connectivity index (χ0) is 22.0. The van der Waals surface area contributed by atoms with E-state index in [0.29, 0.717) is 38.4 Å². The third-order valence-electron chi connectivity index (χ3n) is 5.46. The molecule has 8 nitrogen and oxygen atoms in total. The van der Waals surface area contributed by atoms with Gasteiger partial charge in [0.15, 0.2) is 6.61 Å². The summed E-state index contributed by atoms with van der Waals surface area (Å²) in [5, 5.41) is 0. The first kappa shape index (κ1) is 21.3. The van der Waals surface area contributed by atoms with E-state index < -0.39 is 22.6 Å². The van der Waals surface area contributed by atoms with E-state index in [1.165, 1.54) is 28.6 Å². The number of esters is 1. The maximum absolute atomic E-state index is 13.4. The summed E-state index contributed by atoms with van der Waals surface area (Å²) in [6.45, 7) is 3.29. The molecule has 0 aromatic heterocycles. The van der Waals surface area contributed by atoms with Crippen LogP contribution >= 0.6 is 0 Å². The lowest BCUT2D eigenvalue weighted by Crippen LogP contribution is -2.42. The van der Waals surface area contributed by atoms with Gasteiger partial charge in [-0.15, -0.1) is 0 Å². The summed E-state index contributed by atoms with van der Waals surface area (Å²) in [4.78, 5) is 26.2. The fraction of sp³-hybridized carbons (Fsp3) is 0.364. The van der Waals surface area contributed by atoms with Crippen molar-refractivity contribution in [3.63, 3.8) is 0 Å². The van der Waals surface area contributed by atoms with Gasteiger partial charge in [-0.05, 0) is 43.2 Å². The molecule has 0 N–H and O–H groups in total. The van der Waals surface area contributed by atoms with Crippen molar-refractivity contribution in [1.82, 2.24) is 4.90 Å². The van der Waals surface area contributed by atoms with Crippen LogP contribution < -0.4 is 4.31 Å². The average Bonchev–Trinajstić information content (AvgIpc) is 3.14. The van der Waals surface area contributed by atoms with Gasteiger partial charge < -0.3 is 14.4 Å². The van der Waals surface area contributed by atoms with E-state index in [0.717, 1.165) is 5.56 Å². The standard InChI is InChI=1S/C22H24N2O6S/c1-16-13-17-5-2-3-8-20(17)24(16)31(27,28)19-7-4-6-18(14-19)22(26)30-15-21(25)23-9-11-29-12-10-23/h2-8,14,16H,9-13,15H2,1H3/t16-/m1/s1. The highest BCUT2D eigenvalue weighted by atomic mass is 32.2. The van der Waals surface area contributed by atoms with Crippen LogP contribution in [0.3, 0.4) is 0 Å². The van der Waals surface area contributed by atoms with E-state index in [9.17, 15) is 18.0 Å². The number of para-hydroxylation sites is 1. The Balaban J connectivity index is 1.50. The van der Waals surface area contributed by atoms with Crippen molar-refractivity contribution in [3.05, 3.63) is 59.7 Å². The summed E-state index contributed by atoms with van der Waals surface area (Å²) in [6, 6.07) is 12.9. The van der Waals surface area contributed by atoms with Gasteiger partial charge in [-0.25, -0.2) is 13.2 Å². The van der Waals surface area contributed by atoms with Crippen molar-refractivity contribution < 1.29 is 27.5 Å². The molecule has 31 heavy (non-hydrogen) atoms. The van der Waals surface area contributed by atoms with Gasteiger partial charge in [0, 0.05) is 19.1 Å². The predicted octanol–water partition coefficient (Wildman–Crippen LogP) is 1.84. The molecule has 1 fully saturated rings. The summed E-state index contributed by atoms with van der Waals surface area (Å²) in [5.41, 5.74) is 1.70. The fourth-order valence-electron chi connectivity index (χ4n) is 3.92. The number of carbonyl (C=O) groups is 2. The molecule has 9 heteroatoms. The van der Waals surface area contributed by atoms with E-state index in [1.807, 2.05) is 19.1 Å². The van der Waals surface area contributed by atoms with Gasteiger partial charge in [0.05, 0.1) is 29.4 Å². The SMILES string of the molecule is C[C@@H]1Cc2ccccc2N1S(=O)(=O)c1cccc(C(=O)OCC(=O)N2CCOCC2)c1. The molecule has 1 amide bonds. The monoisotopic (exact) mass is 444 g/mol. The molecule has 0 radical (unpaired) electrons. The fourth-order valence-corrected chi connectivity index (χ4v) is 5.65. The molecule has 4 rings (SSSR count). The number of sulfonamides is 1. The first-order valence-electron chi connectivity index (χ1n) is 10.1. The number of anilines is 1.